The van der Waals surface area contributed by atoms with Gasteiger partial charge in [-0.1, -0.05) is 13.8 Å². The molecule has 0 aliphatic carbocycles. The van der Waals surface area contributed by atoms with Gasteiger partial charge in [0.1, 0.15) is 17.1 Å². The lowest BCUT2D eigenvalue weighted by Crippen LogP contribution is -2.31. The van der Waals surface area contributed by atoms with Gasteiger partial charge < -0.3 is 19.9 Å². The molecule has 2 N–H and O–H groups in total. The highest BCUT2D eigenvalue weighted by molar-refractivity contribution is 5.94. The van der Waals surface area contributed by atoms with Crippen LogP contribution in [0.3, 0.4) is 0 Å². The second kappa shape index (κ2) is 7.37. The van der Waals surface area contributed by atoms with Gasteiger partial charge in [-0.2, -0.15) is 0 Å². The van der Waals surface area contributed by atoms with Gasteiger partial charge in [-0.3, -0.25) is 4.79 Å². The summed E-state index contributed by atoms with van der Waals surface area (Å²) in [5.74, 6) is -0.648. The van der Waals surface area contributed by atoms with Crippen LogP contribution in [0.5, 0.6) is 11.5 Å². The normalized spacial score (nSPS) is 10.2. The Morgan fingerprint density at radius 3 is 2.65 bits per heavy atom. The first-order valence-electron chi connectivity index (χ1n) is 6.25. The summed E-state index contributed by atoms with van der Waals surface area (Å²) in [5.41, 5.74) is -0.0407. The van der Waals surface area contributed by atoms with Gasteiger partial charge in [0.05, 0.1) is 7.11 Å². The van der Waals surface area contributed by atoms with Gasteiger partial charge in [-0.15, -0.1) is 0 Å². The maximum atomic E-state index is 11.8. The summed E-state index contributed by atoms with van der Waals surface area (Å²) in [6.45, 7) is 4.05. The van der Waals surface area contributed by atoms with Crippen molar-refractivity contribution in [1.82, 2.24) is 5.32 Å². The van der Waals surface area contributed by atoms with Gasteiger partial charge in [0, 0.05) is 6.54 Å². The van der Waals surface area contributed by atoms with Crippen molar-refractivity contribution in [2.24, 2.45) is 5.92 Å². The molecule has 6 nitrogen and oxygen atoms in total. The highest BCUT2D eigenvalue weighted by Crippen LogP contribution is 2.23. The van der Waals surface area contributed by atoms with E-state index in [1.807, 2.05) is 13.8 Å². The van der Waals surface area contributed by atoms with E-state index >= 15 is 0 Å². The van der Waals surface area contributed by atoms with Crippen LogP contribution >= 0.6 is 0 Å². The fourth-order valence-corrected chi connectivity index (χ4v) is 1.38. The summed E-state index contributed by atoms with van der Waals surface area (Å²) in [4.78, 5) is 23.2. The SMILES string of the molecule is COc1ccc(O)c(C(=O)OCC(=O)NCC(C)C)c1. The Morgan fingerprint density at radius 1 is 1.35 bits per heavy atom. The average molecular weight is 281 g/mol. The van der Waals surface area contributed by atoms with Crippen LogP contribution in [0.2, 0.25) is 0 Å². The number of amides is 1. The zero-order valence-electron chi connectivity index (χ0n) is 11.8. The fraction of sp³-hybridized carbons (Fsp3) is 0.429. The van der Waals surface area contributed by atoms with Gasteiger partial charge in [-0.25, -0.2) is 4.79 Å². The molecule has 0 aliphatic heterocycles. The third-order valence-corrected chi connectivity index (χ3v) is 2.47. The second-order valence-electron chi connectivity index (χ2n) is 4.66. The highest BCUT2D eigenvalue weighted by atomic mass is 16.5. The smallest absolute Gasteiger partial charge is 0.342 e. The number of aromatic hydroxyl groups is 1. The molecule has 0 aliphatic rings. The Labute approximate surface area is 117 Å². The number of ether oxygens (including phenoxy) is 2. The first kappa shape index (κ1) is 15.8. The van der Waals surface area contributed by atoms with Crippen molar-refractivity contribution < 1.29 is 24.2 Å². The van der Waals surface area contributed by atoms with Crippen molar-refractivity contribution in [1.29, 1.82) is 0 Å². The number of phenols is 1. The monoisotopic (exact) mass is 281 g/mol. The van der Waals surface area contributed by atoms with E-state index in [2.05, 4.69) is 5.32 Å². The van der Waals surface area contributed by atoms with Crippen LogP contribution in [0.1, 0.15) is 24.2 Å². The Hall–Kier alpha value is -2.24. The molecule has 1 aromatic carbocycles. The number of benzene rings is 1. The van der Waals surface area contributed by atoms with E-state index in [4.69, 9.17) is 9.47 Å². The summed E-state index contributed by atoms with van der Waals surface area (Å²) >= 11 is 0. The lowest BCUT2D eigenvalue weighted by Gasteiger charge is -2.09. The molecule has 110 valence electrons. The summed E-state index contributed by atoms with van der Waals surface area (Å²) in [6, 6.07) is 4.19. The average Bonchev–Trinajstić information content (AvgIpc) is 2.43. The molecular formula is C14H19NO5. The highest BCUT2D eigenvalue weighted by Gasteiger charge is 2.15. The fourth-order valence-electron chi connectivity index (χ4n) is 1.38. The third-order valence-electron chi connectivity index (χ3n) is 2.47. The van der Waals surface area contributed by atoms with Gasteiger partial charge in [0.25, 0.3) is 5.91 Å². The molecule has 0 saturated heterocycles. The largest absolute Gasteiger partial charge is 0.507 e. The molecule has 0 heterocycles. The number of carbonyl (C=O) groups is 2. The number of rotatable bonds is 6. The molecule has 1 rings (SSSR count). The lowest BCUT2D eigenvalue weighted by molar-refractivity contribution is -0.124. The van der Waals surface area contributed by atoms with Crippen LogP contribution in [0, 0.1) is 5.92 Å². The van der Waals surface area contributed by atoms with E-state index in [-0.39, 0.29) is 23.8 Å². The van der Waals surface area contributed by atoms with Crippen molar-refractivity contribution in [3.8, 4) is 11.5 Å². The Kier molecular flexibility index (Phi) is 5.83. The quantitative estimate of drug-likeness (QED) is 0.768. The summed E-state index contributed by atoms with van der Waals surface area (Å²) in [7, 11) is 1.45. The number of nitrogens with one attached hydrogen (secondary N) is 1. The van der Waals surface area contributed by atoms with Crippen molar-refractivity contribution in [2.45, 2.75) is 13.8 Å². The number of carbonyl (C=O) groups excluding carboxylic acids is 2. The molecule has 0 aromatic heterocycles. The summed E-state index contributed by atoms with van der Waals surface area (Å²) in [6.07, 6.45) is 0. The summed E-state index contributed by atoms with van der Waals surface area (Å²) < 4.78 is 9.79. The van der Waals surface area contributed by atoms with E-state index in [1.165, 1.54) is 25.3 Å². The molecule has 1 aromatic rings. The maximum absolute atomic E-state index is 11.8. The van der Waals surface area contributed by atoms with Crippen molar-refractivity contribution >= 4 is 11.9 Å². The molecule has 1 amide bonds. The van der Waals surface area contributed by atoms with Crippen LogP contribution in [0.15, 0.2) is 18.2 Å². The van der Waals surface area contributed by atoms with E-state index in [0.29, 0.717) is 18.2 Å². The molecule has 0 bridgehead atoms. The molecule has 6 heteroatoms. The first-order chi connectivity index (χ1) is 9.43. The van der Waals surface area contributed by atoms with Crippen molar-refractivity contribution in [3.05, 3.63) is 23.8 Å². The van der Waals surface area contributed by atoms with Crippen molar-refractivity contribution in [3.63, 3.8) is 0 Å². The zero-order chi connectivity index (χ0) is 15.1. The Bertz CT molecular complexity index is 484. The van der Waals surface area contributed by atoms with Crippen LogP contribution in [-0.2, 0) is 9.53 Å². The third kappa shape index (κ3) is 4.79. The maximum Gasteiger partial charge on any atom is 0.342 e. The molecule has 0 saturated carbocycles. The number of phenolic OH excluding ortho intramolecular Hbond substituents is 1. The van der Waals surface area contributed by atoms with E-state index in [0.717, 1.165) is 0 Å². The molecule has 20 heavy (non-hydrogen) atoms. The topological polar surface area (TPSA) is 84.9 Å². The van der Waals surface area contributed by atoms with Gasteiger partial charge in [0.2, 0.25) is 0 Å². The minimum absolute atomic E-state index is 0.0407. The minimum Gasteiger partial charge on any atom is -0.507 e. The van der Waals surface area contributed by atoms with Crippen LogP contribution in [0.25, 0.3) is 0 Å². The van der Waals surface area contributed by atoms with Gasteiger partial charge in [0.15, 0.2) is 6.61 Å². The predicted molar refractivity (Wildman–Crippen MR) is 72.8 cm³/mol. The number of esters is 1. The molecule has 0 radical (unpaired) electrons. The van der Waals surface area contributed by atoms with Gasteiger partial charge in [-0.05, 0) is 24.1 Å². The van der Waals surface area contributed by atoms with E-state index < -0.39 is 5.97 Å². The van der Waals surface area contributed by atoms with E-state index in [1.54, 1.807) is 0 Å². The molecular weight excluding hydrogens is 262 g/mol. The number of hydrogen-bond acceptors (Lipinski definition) is 5. The molecule has 0 unspecified atom stereocenters. The zero-order valence-corrected chi connectivity index (χ0v) is 11.8. The Balaban J connectivity index is 2.56. The predicted octanol–water partition coefficient (Wildman–Crippen LogP) is 1.33. The molecule has 0 atom stereocenters. The Morgan fingerprint density at radius 2 is 2.05 bits per heavy atom. The second-order valence-corrected chi connectivity index (χ2v) is 4.66. The molecule has 0 spiro atoms. The lowest BCUT2D eigenvalue weighted by atomic mass is 10.2. The molecule has 0 fully saturated rings. The number of methoxy groups -OCH3 is 1. The van der Waals surface area contributed by atoms with Crippen LogP contribution in [-0.4, -0.2) is 37.2 Å². The van der Waals surface area contributed by atoms with Crippen molar-refractivity contribution in [2.75, 3.05) is 20.3 Å². The van der Waals surface area contributed by atoms with E-state index in [9.17, 15) is 14.7 Å². The standard InChI is InChI=1S/C14H19NO5/c1-9(2)7-15-13(17)8-20-14(18)11-6-10(19-3)4-5-12(11)16/h4-6,9,16H,7-8H2,1-3H3,(H,15,17). The first-order valence-corrected chi connectivity index (χ1v) is 6.25. The van der Waals surface area contributed by atoms with Crippen LogP contribution < -0.4 is 10.1 Å². The summed E-state index contributed by atoms with van der Waals surface area (Å²) in [5, 5.41) is 12.2. The minimum atomic E-state index is -0.777. The van der Waals surface area contributed by atoms with Gasteiger partial charge >= 0.3 is 5.97 Å². The van der Waals surface area contributed by atoms with Crippen LogP contribution in [0.4, 0.5) is 0 Å². The number of hydrogen-bond donors (Lipinski definition) is 2.